The summed E-state index contributed by atoms with van der Waals surface area (Å²) in [5, 5.41) is 10.0. The predicted octanol–water partition coefficient (Wildman–Crippen LogP) is 0.365. The molecule has 0 aliphatic carbocycles. The number of nitrogens with zero attached hydrogens (tertiary/aromatic N) is 2. The maximum absolute atomic E-state index is 10.5. The standard InChI is InChI=1S/C5H3ClN2O3/c6-3-1-5(9)7-2-4(3)8(10)11/h1-2,4H. The van der Waals surface area contributed by atoms with E-state index in [1.807, 2.05) is 0 Å². The van der Waals surface area contributed by atoms with Gasteiger partial charge in [-0.25, -0.2) is 4.99 Å². The minimum Gasteiger partial charge on any atom is -0.267 e. The zero-order valence-corrected chi connectivity index (χ0v) is 5.99. The summed E-state index contributed by atoms with van der Waals surface area (Å²) in [5.41, 5.74) is 0. The molecule has 6 heteroatoms. The molecule has 0 aromatic heterocycles. The van der Waals surface area contributed by atoms with Crippen molar-refractivity contribution in [2.24, 2.45) is 4.99 Å². The Morgan fingerprint density at radius 1 is 1.73 bits per heavy atom. The SMILES string of the molecule is O=C1C=C(Cl)C([N+](=O)[O-])C=N1. The van der Waals surface area contributed by atoms with E-state index in [1.165, 1.54) is 0 Å². The van der Waals surface area contributed by atoms with E-state index in [9.17, 15) is 14.9 Å². The lowest BCUT2D eigenvalue weighted by Gasteiger charge is -2.04. The van der Waals surface area contributed by atoms with E-state index < -0.39 is 16.9 Å². The Morgan fingerprint density at radius 3 is 2.82 bits per heavy atom. The molecule has 1 aliphatic heterocycles. The van der Waals surface area contributed by atoms with Crippen LogP contribution in [-0.4, -0.2) is 23.1 Å². The van der Waals surface area contributed by atoms with Gasteiger partial charge in [-0.1, -0.05) is 11.6 Å². The molecule has 0 N–H and O–H groups in total. The van der Waals surface area contributed by atoms with Crippen LogP contribution < -0.4 is 0 Å². The van der Waals surface area contributed by atoms with Crippen molar-refractivity contribution in [3.05, 3.63) is 21.2 Å². The van der Waals surface area contributed by atoms with Crippen molar-refractivity contribution >= 4 is 23.7 Å². The van der Waals surface area contributed by atoms with E-state index in [0.29, 0.717) is 0 Å². The van der Waals surface area contributed by atoms with Gasteiger partial charge >= 0.3 is 0 Å². The summed E-state index contributed by atoms with van der Waals surface area (Å²) in [6, 6.07) is -1.16. The molecule has 0 aromatic carbocycles. The molecule has 58 valence electrons. The summed E-state index contributed by atoms with van der Waals surface area (Å²) in [6.45, 7) is 0. The van der Waals surface area contributed by atoms with E-state index in [2.05, 4.69) is 4.99 Å². The van der Waals surface area contributed by atoms with Crippen LogP contribution in [0.2, 0.25) is 0 Å². The third-order valence-corrected chi connectivity index (χ3v) is 1.45. The molecule has 5 nitrogen and oxygen atoms in total. The maximum Gasteiger partial charge on any atom is 0.283 e. The van der Waals surface area contributed by atoms with E-state index >= 15 is 0 Å². The van der Waals surface area contributed by atoms with Crippen LogP contribution in [0.5, 0.6) is 0 Å². The first-order valence-electron chi connectivity index (χ1n) is 2.70. The molecule has 1 amide bonds. The number of dihydropyridines is 1. The van der Waals surface area contributed by atoms with Gasteiger partial charge in [-0.05, 0) is 0 Å². The van der Waals surface area contributed by atoms with Crippen molar-refractivity contribution < 1.29 is 9.72 Å². The highest BCUT2D eigenvalue weighted by Crippen LogP contribution is 2.12. The highest BCUT2D eigenvalue weighted by atomic mass is 35.5. The summed E-state index contributed by atoms with van der Waals surface area (Å²) in [5.74, 6) is -0.562. The van der Waals surface area contributed by atoms with Crippen LogP contribution in [0, 0.1) is 10.1 Å². The van der Waals surface area contributed by atoms with E-state index in [1.54, 1.807) is 0 Å². The first-order valence-corrected chi connectivity index (χ1v) is 3.08. The Hall–Kier alpha value is -1.23. The Bertz CT molecular complexity index is 271. The van der Waals surface area contributed by atoms with Gasteiger partial charge in [0, 0.05) is 11.0 Å². The zero-order valence-electron chi connectivity index (χ0n) is 5.23. The second-order valence-electron chi connectivity index (χ2n) is 1.88. The lowest BCUT2D eigenvalue weighted by Crippen LogP contribution is -2.24. The predicted molar refractivity (Wildman–Crippen MR) is 38.2 cm³/mol. The Labute approximate surface area is 66.5 Å². The Balaban J connectivity index is 2.88. The van der Waals surface area contributed by atoms with Gasteiger partial charge in [0.05, 0.1) is 6.21 Å². The molecular formula is C5H3ClN2O3. The molecule has 11 heavy (non-hydrogen) atoms. The third kappa shape index (κ3) is 1.62. The van der Waals surface area contributed by atoms with Gasteiger partial charge < -0.3 is 0 Å². The lowest BCUT2D eigenvalue weighted by molar-refractivity contribution is -0.490. The first-order chi connectivity index (χ1) is 5.11. The Morgan fingerprint density at radius 2 is 2.36 bits per heavy atom. The van der Waals surface area contributed by atoms with Gasteiger partial charge in [-0.3, -0.25) is 14.9 Å². The molecule has 0 radical (unpaired) electrons. The molecule has 0 saturated heterocycles. The van der Waals surface area contributed by atoms with Gasteiger partial charge in [0.1, 0.15) is 5.03 Å². The molecule has 0 saturated carbocycles. The molecular weight excluding hydrogens is 172 g/mol. The molecule has 0 aromatic rings. The van der Waals surface area contributed by atoms with Crippen LogP contribution >= 0.6 is 11.6 Å². The van der Waals surface area contributed by atoms with Gasteiger partial charge in [0.2, 0.25) is 0 Å². The highest BCUT2D eigenvalue weighted by molar-refractivity contribution is 6.33. The molecule has 1 atom stereocenters. The largest absolute Gasteiger partial charge is 0.283 e. The number of amides is 1. The van der Waals surface area contributed by atoms with Crippen LogP contribution in [0.25, 0.3) is 0 Å². The minimum atomic E-state index is -1.16. The molecule has 1 aliphatic rings. The van der Waals surface area contributed by atoms with E-state index in [0.717, 1.165) is 12.3 Å². The first kappa shape index (κ1) is 7.87. The van der Waals surface area contributed by atoms with Crippen LogP contribution in [0.3, 0.4) is 0 Å². The van der Waals surface area contributed by atoms with Crippen molar-refractivity contribution in [2.45, 2.75) is 6.04 Å². The fourth-order valence-electron chi connectivity index (χ4n) is 0.611. The monoisotopic (exact) mass is 174 g/mol. The van der Waals surface area contributed by atoms with Crippen LogP contribution in [0.4, 0.5) is 0 Å². The highest BCUT2D eigenvalue weighted by Gasteiger charge is 2.25. The second kappa shape index (κ2) is 2.79. The van der Waals surface area contributed by atoms with Crippen molar-refractivity contribution in [1.82, 2.24) is 0 Å². The smallest absolute Gasteiger partial charge is 0.267 e. The number of hydrogen-bond donors (Lipinski definition) is 0. The summed E-state index contributed by atoms with van der Waals surface area (Å²) in [4.78, 5) is 23.2. The molecule has 0 spiro atoms. The second-order valence-corrected chi connectivity index (χ2v) is 2.31. The quantitative estimate of drug-likeness (QED) is 0.426. The molecule has 1 rings (SSSR count). The number of nitro groups is 1. The average Bonchev–Trinajstić information content (AvgIpc) is 1.85. The fraction of sp³-hybridized carbons (Fsp3) is 0.200. The summed E-state index contributed by atoms with van der Waals surface area (Å²) >= 11 is 5.38. The summed E-state index contributed by atoms with van der Waals surface area (Å²) in [7, 11) is 0. The molecule has 1 unspecified atom stereocenters. The Kier molecular flexibility index (Phi) is 2.00. The molecule has 0 fully saturated rings. The molecule has 1 heterocycles. The van der Waals surface area contributed by atoms with Crippen LogP contribution in [0.15, 0.2) is 16.1 Å². The number of carbonyl (C=O) groups is 1. The van der Waals surface area contributed by atoms with E-state index in [4.69, 9.17) is 11.6 Å². The number of hydrogen-bond acceptors (Lipinski definition) is 3. The van der Waals surface area contributed by atoms with Gasteiger partial charge in [0.25, 0.3) is 11.9 Å². The topological polar surface area (TPSA) is 72.6 Å². The fourth-order valence-corrected chi connectivity index (χ4v) is 0.840. The van der Waals surface area contributed by atoms with Crippen molar-refractivity contribution in [1.29, 1.82) is 0 Å². The van der Waals surface area contributed by atoms with Gasteiger partial charge in [-0.2, -0.15) is 0 Å². The van der Waals surface area contributed by atoms with Crippen LogP contribution in [-0.2, 0) is 4.79 Å². The minimum absolute atomic E-state index is 0.102. The molecule has 0 bridgehead atoms. The van der Waals surface area contributed by atoms with Gasteiger partial charge in [0.15, 0.2) is 0 Å². The number of halogens is 1. The third-order valence-electron chi connectivity index (χ3n) is 1.11. The van der Waals surface area contributed by atoms with Crippen molar-refractivity contribution in [3.8, 4) is 0 Å². The van der Waals surface area contributed by atoms with Crippen LogP contribution in [0.1, 0.15) is 0 Å². The number of carbonyl (C=O) groups excluding carboxylic acids is 1. The normalized spacial score (nSPS) is 23.2. The average molecular weight is 175 g/mol. The summed E-state index contributed by atoms with van der Waals surface area (Å²) in [6.07, 6.45) is 1.86. The summed E-state index contributed by atoms with van der Waals surface area (Å²) < 4.78 is 0. The van der Waals surface area contributed by atoms with E-state index in [-0.39, 0.29) is 5.03 Å². The van der Waals surface area contributed by atoms with Crippen molar-refractivity contribution in [2.75, 3.05) is 0 Å². The van der Waals surface area contributed by atoms with Crippen molar-refractivity contribution in [3.63, 3.8) is 0 Å². The van der Waals surface area contributed by atoms with Gasteiger partial charge in [-0.15, -0.1) is 0 Å². The number of rotatable bonds is 1. The number of aliphatic imine (C=N–C) groups is 1. The lowest BCUT2D eigenvalue weighted by atomic mass is 10.2. The maximum atomic E-state index is 10.5. The zero-order chi connectivity index (χ0) is 8.43.